The van der Waals surface area contributed by atoms with Crippen LogP contribution in [0.1, 0.15) is 35.3 Å². The highest BCUT2D eigenvalue weighted by atomic mass is 16.5. The van der Waals surface area contributed by atoms with Gasteiger partial charge in [-0.2, -0.15) is 0 Å². The Morgan fingerprint density at radius 2 is 0.865 bits per heavy atom. The second-order valence-electron chi connectivity index (χ2n) is 9.08. The van der Waals surface area contributed by atoms with Crippen LogP contribution in [0.2, 0.25) is 0 Å². The maximum absolute atomic E-state index is 12.9. The lowest BCUT2D eigenvalue weighted by molar-refractivity contribution is -0.132. The van der Waals surface area contributed by atoms with Crippen molar-refractivity contribution in [1.29, 1.82) is 0 Å². The minimum Gasteiger partial charge on any atom is -0.427 e. The summed E-state index contributed by atoms with van der Waals surface area (Å²) in [5.74, 6) is -0.0309. The van der Waals surface area contributed by atoms with Crippen molar-refractivity contribution >= 4 is 50.2 Å². The Bertz CT molecular complexity index is 1680. The molecule has 5 aromatic rings. The molecule has 0 saturated heterocycles. The highest BCUT2D eigenvalue weighted by Gasteiger charge is 2.15. The van der Waals surface area contributed by atoms with Crippen LogP contribution in [-0.4, -0.2) is 17.9 Å². The van der Waals surface area contributed by atoms with E-state index in [1.165, 1.54) is 13.8 Å². The van der Waals surface area contributed by atoms with Crippen molar-refractivity contribution in [2.24, 2.45) is 0 Å². The molecule has 0 aliphatic rings. The van der Waals surface area contributed by atoms with Gasteiger partial charge in [0, 0.05) is 13.8 Å². The number of carbonyl (C=O) groups excluding carboxylic acids is 3. The van der Waals surface area contributed by atoms with Crippen molar-refractivity contribution in [2.75, 3.05) is 0 Å². The molecule has 0 saturated carbocycles. The summed E-state index contributed by atoms with van der Waals surface area (Å²) in [7, 11) is 0. The lowest BCUT2D eigenvalue weighted by Gasteiger charge is -2.14. The van der Waals surface area contributed by atoms with Crippen molar-refractivity contribution in [3.8, 4) is 17.2 Å². The van der Waals surface area contributed by atoms with Crippen molar-refractivity contribution < 1.29 is 28.6 Å². The molecule has 0 amide bonds. The van der Waals surface area contributed by atoms with Gasteiger partial charge in [0.25, 0.3) is 0 Å². The molecule has 0 N–H and O–H groups in total. The number of benzene rings is 5. The van der Waals surface area contributed by atoms with Crippen LogP contribution < -0.4 is 14.2 Å². The number of aryl methyl sites for hydroxylation is 2. The van der Waals surface area contributed by atoms with Crippen LogP contribution in [0.25, 0.3) is 32.3 Å². The molecule has 0 radical (unpaired) electrons. The zero-order chi connectivity index (χ0) is 26.3. The number of ether oxygens (including phenoxy) is 3. The number of hydrogen-bond acceptors (Lipinski definition) is 6. The topological polar surface area (TPSA) is 78.9 Å². The Morgan fingerprint density at radius 3 is 1.24 bits per heavy atom. The first-order valence-corrected chi connectivity index (χ1v) is 11.8. The van der Waals surface area contributed by atoms with E-state index in [0.717, 1.165) is 43.4 Å². The molecule has 5 aromatic carbocycles. The normalized spacial score (nSPS) is 11.0. The van der Waals surface area contributed by atoms with Crippen LogP contribution in [0.3, 0.4) is 0 Å². The van der Waals surface area contributed by atoms with Crippen LogP contribution >= 0.6 is 0 Å². The zero-order valence-corrected chi connectivity index (χ0v) is 20.9. The molecule has 0 atom stereocenters. The fraction of sp³-hybridized carbons (Fsp3) is 0.129. The highest BCUT2D eigenvalue weighted by molar-refractivity contribution is 6.26. The monoisotopic (exact) mass is 492 g/mol. The largest absolute Gasteiger partial charge is 0.427 e. The Morgan fingerprint density at radius 1 is 0.486 bits per heavy atom. The van der Waals surface area contributed by atoms with E-state index < -0.39 is 17.9 Å². The molecule has 0 aliphatic heterocycles. The highest BCUT2D eigenvalue weighted by Crippen LogP contribution is 2.39. The molecule has 0 aliphatic carbocycles. The van der Waals surface area contributed by atoms with Crippen LogP contribution in [0.4, 0.5) is 0 Å². The predicted molar refractivity (Wildman–Crippen MR) is 142 cm³/mol. The molecule has 6 nitrogen and oxygen atoms in total. The van der Waals surface area contributed by atoms with E-state index in [1.54, 1.807) is 42.5 Å². The van der Waals surface area contributed by atoms with Gasteiger partial charge in [0.2, 0.25) is 0 Å². The molecule has 5 rings (SSSR count). The Labute approximate surface area is 213 Å². The fourth-order valence-corrected chi connectivity index (χ4v) is 4.72. The van der Waals surface area contributed by atoms with Gasteiger partial charge < -0.3 is 14.2 Å². The molecular weight excluding hydrogens is 468 g/mol. The molecule has 0 unspecified atom stereocenters. The number of esters is 3. The minimum absolute atomic E-state index is 0.400. The van der Waals surface area contributed by atoms with Gasteiger partial charge in [0.05, 0.1) is 5.56 Å². The maximum Gasteiger partial charge on any atom is 0.343 e. The van der Waals surface area contributed by atoms with E-state index in [2.05, 4.69) is 0 Å². The van der Waals surface area contributed by atoms with E-state index in [-0.39, 0.29) is 0 Å². The quantitative estimate of drug-likeness (QED) is 0.155. The lowest BCUT2D eigenvalue weighted by Crippen LogP contribution is -2.09. The van der Waals surface area contributed by atoms with Crippen molar-refractivity contribution in [3.63, 3.8) is 0 Å². The van der Waals surface area contributed by atoms with Crippen LogP contribution in [0.15, 0.2) is 72.8 Å². The second kappa shape index (κ2) is 9.39. The molecule has 37 heavy (non-hydrogen) atoms. The summed E-state index contributed by atoms with van der Waals surface area (Å²) in [6.45, 7) is 6.57. The fourth-order valence-electron chi connectivity index (χ4n) is 4.72. The lowest BCUT2D eigenvalue weighted by atomic mass is 9.94. The van der Waals surface area contributed by atoms with Gasteiger partial charge in [-0.1, -0.05) is 35.4 Å². The third-order valence-corrected chi connectivity index (χ3v) is 6.03. The minimum atomic E-state index is -0.439. The number of carbonyl (C=O) groups is 3. The van der Waals surface area contributed by atoms with E-state index in [9.17, 15) is 14.4 Å². The third kappa shape index (κ3) is 4.86. The van der Waals surface area contributed by atoms with Gasteiger partial charge in [-0.3, -0.25) is 9.59 Å². The van der Waals surface area contributed by atoms with Crippen molar-refractivity contribution in [2.45, 2.75) is 27.7 Å². The summed E-state index contributed by atoms with van der Waals surface area (Å²) in [5.41, 5.74) is 2.45. The van der Waals surface area contributed by atoms with Gasteiger partial charge in [-0.15, -0.1) is 0 Å². The maximum atomic E-state index is 12.9. The first kappa shape index (κ1) is 24.0. The number of hydrogen-bond donors (Lipinski definition) is 0. The van der Waals surface area contributed by atoms with Crippen molar-refractivity contribution in [3.05, 3.63) is 89.5 Å². The van der Waals surface area contributed by atoms with Crippen LogP contribution in [-0.2, 0) is 9.59 Å². The van der Waals surface area contributed by atoms with E-state index in [0.29, 0.717) is 22.8 Å². The van der Waals surface area contributed by atoms with Crippen molar-refractivity contribution in [1.82, 2.24) is 0 Å². The van der Waals surface area contributed by atoms with E-state index in [1.807, 2.05) is 44.2 Å². The van der Waals surface area contributed by atoms with Gasteiger partial charge in [0.15, 0.2) is 0 Å². The van der Waals surface area contributed by atoms with Gasteiger partial charge in [0.1, 0.15) is 17.2 Å². The van der Waals surface area contributed by atoms with Gasteiger partial charge >= 0.3 is 17.9 Å². The molecule has 6 heteroatoms. The molecule has 0 spiro atoms. The summed E-state index contributed by atoms with van der Waals surface area (Å²) >= 11 is 0. The van der Waals surface area contributed by atoms with Crippen LogP contribution in [0, 0.1) is 13.8 Å². The predicted octanol–water partition coefficient (Wildman–Crippen LogP) is 6.83. The summed E-state index contributed by atoms with van der Waals surface area (Å²) in [6.07, 6.45) is 0. The third-order valence-electron chi connectivity index (χ3n) is 6.03. The Kier molecular flexibility index (Phi) is 6.09. The first-order valence-electron chi connectivity index (χ1n) is 11.8. The average molecular weight is 493 g/mol. The van der Waals surface area contributed by atoms with Crippen LogP contribution in [0.5, 0.6) is 17.2 Å². The molecule has 0 aromatic heterocycles. The summed E-state index contributed by atoms with van der Waals surface area (Å²) in [4.78, 5) is 36.0. The van der Waals surface area contributed by atoms with E-state index >= 15 is 0 Å². The smallest absolute Gasteiger partial charge is 0.343 e. The second-order valence-corrected chi connectivity index (χ2v) is 9.08. The van der Waals surface area contributed by atoms with Gasteiger partial charge in [-0.25, -0.2) is 4.79 Å². The van der Waals surface area contributed by atoms with E-state index in [4.69, 9.17) is 14.2 Å². The molecule has 0 fully saturated rings. The Balaban J connectivity index is 1.69. The van der Waals surface area contributed by atoms with Gasteiger partial charge in [-0.05, 0) is 94.7 Å². The SMILES string of the molecule is CC(=O)Oc1ccc2c(c1)c1ccc(OC(C)=O)cc1c1ccc(OC(=O)c3cc(C)cc(C)c3)cc21. The molecule has 0 bridgehead atoms. The molecular formula is C31H24O6. The average Bonchev–Trinajstić information content (AvgIpc) is 2.82. The first-order chi connectivity index (χ1) is 17.7. The summed E-state index contributed by atoms with van der Waals surface area (Å²) in [5, 5.41) is 5.20. The Hall–Kier alpha value is -4.71. The molecule has 0 heterocycles. The summed E-state index contributed by atoms with van der Waals surface area (Å²) in [6, 6.07) is 21.9. The number of fused-ring (bicyclic) bond motifs is 6. The number of rotatable bonds is 4. The summed E-state index contributed by atoms with van der Waals surface area (Å²) < 4.78 is 16.4. The molecule has 184 valence electrons. The zero-order valence-electron chi connectivity index (χ0n) is 20.9. The standard InChI is InChI=1S/C31H24O6/c1-17-11-18(2)13-21(12-17)31(34)37-24-7-10-27-29-15-22(35-19(3)32)5-8-25(29)28-14-23(36-20(4)33)6-9-26(28)30(27)16-24/h5-16H,1-4H3.